The van der Waals surface area contributed by atoms with Gasteiger partial charge < -0.3 is 29.4 Å². The third-order valence-corrected chi connectivity index (χ3v) is 6.84. The fraction of sp³-hybridized carbons (Fsp3) is 0.692. The molecule has 0 aromatic carbocycles. The van der Waals surface area contributed by atoms with Crippen LogP contribution < -0.4 is 5.32 Å². The molecule has 0 saturated carbocycles. The molecule has 0 radical (unpaired) electrons. The van der Waals surface area contributed by atoms with Gasteiger partial charge in [0.2, 0.25) is 5.91 Å². The molecule has 0 bridgehead atoms. The van der Waals surface area contributed by atoms with Crippen molar-refractivity contribution >= 4 is 11.9 Å². The quantitative estimate of drug-likeness (QED) is 0.240. The summed E-state index contributed by atoms with van der Waals surface area (Å²) in [5, 5.41) is 13.5. The summed E-state index contributed by atoms with van der Waals surface area (Å²) in [5.41, 5.74) is 0.687. The van der Waals surface area contributed by atoms with E-state index in [-0.39, 0.29) is 42.1 Å². The lowest BCUT2D eigenvalue weighted by molar-refractivity contribution is -0.143. The van der Waals surface area contributed by atoms with Crippen molar-refractivity contribution in [3.8, 4) is 0 Å². The fourth-order valence-corrected chi connectivity index (χ4v) is 4.56. The van der Waals surface area contributed by atoms with Gasteiger partial charge in [-0.3, -0.25) is 9.59 Å². The predicted octanol–water partition coefficient (Wildman–Crippen LogP) is 2.60. The van der Waals surface area contributed by atoms with Gasteiger partial charge in [-0.05, 0) is 45.6 Å². The Hall–Kier alpha value is -2.00. The molecular formula is C26H39NO7. The summed E-state index contributed by atoms with van der Waals surface area (Å²) in [6.07, 6.45) is 9.85. The van der Waals surface area contributed by atoms with Crippen molar-refractivity contribution in [2.75, 3.05) is 13.2 Å². The van der Waals surface area contributed by atoms with Crippen molar-refractivity contribution in [3.05, 3.63) is 36.0 Å². The molecule has 3 aliphatic rings. The molecule has 2 N–H and O–H groups in total. The molecule has 8 nitrogen and oxygen atoms in total. The second-order valence-electron chi connectivity index (χ2n) is 9.81. The molecule has 8 heteroatoms. The number of aliphatic hydroxyl groups excluding tert-OH is 1. The van der Waals surface area contributed by atoms with Crippen molar-refractivity contribution in [2.24, 2.45) is 5.92 Å². The van der Waals surface area contributed by atoms with Crippen LogP contribution in [-0.2, 0) is 28.5 Å². The Morgan fingerprint density at radius 1 is 1.26 bits per heavy atom. The van der Waals surface area contributed by atoms with Gasteiger partial charge in [-0.1, -0.05) is 30.7 Å². The van der Waals surface area contributed by atoms with Crippen molar-refractivity contribution in [3.63, 3.8) is 0 Å². The first kappa shape index (κ1) is 26.6. The van der Waals surface area contributed by atoms with Gasteiger partial charge in [0.1, 0.15) is 23.9 Å². The maximum absolute atomic E-state index is 12.3. The Balaban J connectivity index is 1.45. The number of carbonyl (C=O) groups is 2. The Morgan fingerprint density at radius 2 is 2.00 bits per heavy atom. The summed E-state index contributed by atoms with van der Waals surface area (Å²) in [6, 6.07) is -0.0840. The number of carbonyl (C=O) groups excluding carboxylic acids is 2. The molecule has 3 rings (SSSR count). The van der Waals surface area contributed by atoms with Gasteiger partial charge in [-0.25, -0.2) is 0 Å². The summed E-state index contributed by atoms with van der Waals surface area (Å²) in [7, 11) is 0. The highest BCUT2D eigenvalue weighted by Crippen LogP contribution is 2.40. The first-order valence-corrected chi connectivity index (χ1v) is 12.2. The maximum atomic E-state index is 12.3. The highest BCUT2D eigenvalue weighted by Gasteiger charge is 2.55. The molecule has 0 aromatic heterocycles. The topological polar surface area (TPSA) is 107 Å². The van der Waals surface area contributed by atoms with E-state index in [9.17, 15) is 14.7 Å². The monoisotopic (exact) mass is 477 g/mol. The second kappa shape index (κ2) is 11.6. The number of allylic oxidation sites excluding steroid dienone is 2. The van der Waals surface area contributed by atoms with Gasteiger partial charge in [-0.2, -0.15) is 0 Å². The van der Waals surface area contributed by atoms with E-state index in [4.69, 9.17) is 18.9 Å². The Kier molecular flexibility index (Phi) is 9.09. The third-order valence-electron chi connectivity index (χ3n) is 6.84. The van der Waals surface area contributed by atoms with Crippen LogP contribution in [0.5, 0.6) is 0 Å². The van der Waals surface area contributed by atoms with Crippen molar-refractivity contribution < 1.29 is 33.6 Å². The number of amides is 1. The number of hydrogen-bond donors (Lipinski definition) is 2. The van der Waals surface area contributed by atoms with Gasteiger partial charge >= 0.3 is 5.97 Å². The van der Waals surface area contributed by atoms with E-state index in [1.54, 1.807) is 13.0 Å². The van der Waals surface area contributed by atoms with E-state index in [0.717, 1.165) is 24.8 Å². The van der Waals surface area contributed by atoms with Crippen LogP contribution in [0.3, 0.4) is 0 Å². The van der Waals surface area contributed by atoms with Crippen LogP contribution in [0.1, 0.15) is 53.9 Å². The maximum Gasteiger partial charge on any atom is 0.303 e. The average molecular weight is 478 g/mol. The van der Waals surface area contributed by atoms with Gasteiger partial charge in [0, 0.05) is 19.4 Å². The van der Waals surface area contributed by atoms with E-state index < -0.39 is 17.8 Å². The van der Waals surface area contributed by atoms with E-state index in [0.29, 0.717) is 13.2 Å². The normalized spacial score (nSPS) is 37.2. The molecule has 190 valence electrons. The molecule has 3 aliphatic heterocycles. The minimum absolute atomic E-state index is 0.0608. The van der Waals surface area contributed by atoms with E-state index in [1.165, 1.54) is 13.0 Å². The van der Waals surface area contributed by atoms with Crippen LogP contribution in [0, 0.1) is 5.92 Å². The van der Waals surface area contributed by atoms with E-state index >= 15 is 0 Å². The molecular weight excluding hydrogens is 438 g/mol. The molecule has 3 heterocycles. The number of esters is 1. The minimum Gasteiger partial charge on any atom is -0.459 e. The van der Waals surface area contributed by atoms with E-state index in [2.05, 4.69) is 18.3 Å². The molecule has 3 fully saturated rings. The highest BCUT2D eigenvalue weighted by molar-refractivity contribution is 5.87. The number of nitrogens with one attached hydrogen (secondary N) is 1. The highest BCUT2D eigenvalue weighted by atomic mass is 16.6. The van der Waals surface area contributed by atoms with Crippen LogP contribution in [0.2, 0.25) is 0 Å². The Labute approximate surface area is 202 Å². The largest absolute Gasteiger partial charge is 0.459 e. The fourth-order valence-electron chi connectivity index (χ4n) is 4.56. The summed E-state index contributed by atoms with van der Waals surface area (Å²) in [5.74, 6) is -0.335. The summed E-state index contributed by atoms with van der Waals surface area (Å²) in [4.78, 5) is 23.2. The number of rotatable bonds is 8. The van der Waals surface area contributed by atoms with Crippen LogP contribution in [0.25, 0.3) is 0 Å². The lowest BCUT2D eigenvalue weighted by Gasteiger charge is -2.39. The van der Waals surface area contributed by atoms with Crippen LogP contribution in [0.15, 0.2) is 36.0 Å². The standard InChI is InChI=1S/C26H39NO7/c1-16(7-10-23-25(30)26(15-32-26)12-13-31-23)6-9-22-17(2)14-21(19(4)34-22)27-24(29)11-8-18(3)33-20(5)28/h6-8,10-11,17-19,21-23,25,30H,9,12-15H2,1-5H3,(H,27,29)/b10-7+,11-8-,16-6+/t17-,18-,19+,21+,22-,23+,25-,26+/m0/s1. The first-order valence-electron chi connectivity index (χ1n) is 12.2. The van der Waals surface area contributed by atoms with Gasteiger partial charge in [0.05, 0.1) is 31.5 Å². The lowest BCUT2D eigenvalue weighted by Crippen LogP contribution is -2.50. The first-order chi connectivity index (χ1) is 16.1. The van der Waals surface area contributed by atoms with Crippen LogP contribution in [-0.4, -0.2) is 72.4 Å². The Morgan fingerprint density at radius 3 is 2.68 bits per heavy atom. The van der Waals surface area contributed by atoms with Gasteiger partial charge in [0.15, 0.2) is 0 Å². The summed E-state index contributed by atoms with van der Waals surface area (Å²) in [6.45, 7) is 10.4. The summed E-state index contributed by atoms with van der Waals surface area (Å²) < 4.78 is 22.4. The molecule has 1 amide bonds. The third kappa shape index (κ3) is 7.25. The summed E-state index contributed by atoms with van der Waals surface area (Å²) >= 11 is 0. The smallest absolute Gasteiger partial charge is 0.303 e. The number of hydrogen-bond acceptors (Lipinski definition) is 7. The minimum atomic E-state index is -0.625. The second-order valence-corrected chi connectivity index (χ2v) is 9.81. The lowest BCUT2D eigenvalue weighted by atomic mass is 9.88. The molecule has 34 heavy (non-hydrogen) atoms. The number of aliphatic hydroxyl groups is 1. The SMILES string of the molecule is CC(=O)O[C@@H](C)/C=C\C(=O)N[C@@H]1C[C@H](C)[C@H](C/C=C(C)/C=C/[C@H]2OCC[C@@]3(CO3)[C@H]2O)O[C@@H]1C. The molecule has 0 aliphatic carbocycles. The van der Waals surface area contributed by atoms with Crippen LogP contribution in [0.4, 0.5) is 0 Å². The zero-order valence-corrected chi connectivity index (χ0v) is 20.9. The zero-order valence-electron chi connectivity index (χ0n) is 20.9. The van der Waals surface area contributed by atoms with E-state index in [1.807, 2.05) is 26.0 Å². The van der Waals surface area contributed by atoms with Crippen LogP contribution >= 0.6 is 0 Å². The number of epoxide rings is 1. The number of ether oxygens (including phenoxy) is 4. The zero-order chi connectivity index (χ0) is 24.9. The van der Waals surface area contributed by atoms with Crippen molar-refractivity contribution in [2.45, 2.75) is 96.0 Å². The van der Waals surface area contributed by atoms with Gasteiger partial charge in [-0.15, -0.1) is 0 Å². The van der Waals surface area contributed by atoms with Crippen molar-refractivity contribution in [1.82, 2.24) is 5.32 Å². The van der Waals surface area contributed by atoms with Crippen molar-refractivity contribution in [1.29, 1.82) is 0 Å². The molecule has 8 atom stereocenters. The average Bonchev–Trinajstić information content (AvgIpc) is 3.54. The molecule has 0 unspecified atom stereocenters. The predicted molar refractivity (Wildman–Crippen MR) is 127 cm³/mol. The molecule has 0 aromatic rings. The van der Waals surface area contributed by atoms with Gasteiger partial charge in [0.25, 0.3) is 0 Å². The molecule has 3 saturated heterocycles. The Bertz CT molecular complexity index is 816. The molecule has 1 spiro atoms.